The molecule has 0 bridgehead atoms. The van der Waals surface area contributed by atoms with Gasteiger partial charge in [-0.3, -0.25) is 14.5 Å². The Labute approximate surface area is 181 Å². The number of carbonyl (C=O) groups is 1. The number of halogens is 1. The van der Waals surface area contributed by atoms with E-state index in [-0.39, 0.29) is 5.91 Å². The lowest BCUT2D eigenvalue weighted by molar-refractivity contribution is -0.111. The van der Waals surface area contributed by atoms with Crippen molar-refractivity contribution in [2.75, 3.05) is 19.5 Å². The van der Waals surface area contributed by atoms with Crippen LogP contribution in [0, 0.1) is 0 Å². The Bertz CT molecular complexity index is 1250. The molecule has 1 N–H and O–H groups in total. The van der Waals surface area contributed by atoms with Crippen LogP contribution in [0.15, 0.2) is 54.1 Å². The van der Waals surface area contributed by atoms with Crippen molar-refractivity contribution in [3.05, 3.63) is 64.9 Å². The van der Waals surface area contributed by atoms with Crippen LogP contribution in [-0.4, -0.2) is 34.5 Å². The van der Waals surface area contributed by atoms with E-state index < -0.39 is 0 Å². The Morgan fingerprint density at radius 3 is 2.80 bits per heavy atom. The number of aromatic nitrogens is 3. The summed E-state index contributed by atoms with van der Waals surface area (Å²) >= 11 is 7.52. The van der Waals surface area contributed by atoms with Crippen molar-refractivity contribution >= 4 is 45.7 Å². The van der Waals surface area contributed by atoms with E-state index in [1.54, 1.807) is 20.3 Å². The molecule has 1 aromatic carbocycles. The van der Waals surface area contributed by atoms with E-state index in [4.69, 9.17) is 21.1 Å². The first-order chi connectivity index (χ1) is 14.6. The highest BCUT2D eigenvalue weighted by Crippen LogP contribution is 2.33. The number of imidazole rings is 1. The average molecular weight is 441 g/mol. The van der Waals surface area contributed by atoms with Crippen LogP contribution in [0.2, 0.25) is 5.15 Å². The first-order valence-electron chi connectivity index (χ1n) is 8.88. The highest BCUT2D eigenvalue weighted by Gasteiger charge is 2.11. The lowest BCUT2D eigenvalue weighted by Crippen LogP contribution is -2.07. The second-order valence-corrected chi connectivity index (χ2v) is 7.36. The summed E-state index contributed by atoms with van der Waals surface area (Å²) in [6.45, 7) is 0. The van der Waals surface area contributed by atoms with Gasteiger partial charge in [-0.2, -0.15) is 0 Å². The monoisotopic (exact) mass is 440 g/mol. The van der Waals surface area contributed by atoms with E-state index in [0.717, 1.165) is 11.3 Å². The van der Waals surface area contributed by atoms with Gasteiger partial charge in [-0.25, -0.2) is 9.97 Å². The van der Waals surface area contributed by atoms with Crippen molar-refractivity contribution in [1.29, 1.82) is 0 Å². The maximum Gasteiger partial charge on any atom is 0.250 e. The number of pyridine rings is 1. The minimum atomic E-state index is -0.315. The minimum Gasteiger partial charge on any atom is -0.493 e. The van der Waals surface area contributed by atoms with E-state index in [0.29, 0.717) is 33.1 Å². The SMILES string of the molecule is COc1ccc(-c2csc(NC(=O)/C=C/c3c(Cl)nc4ccccn34)n2)cc1OC. The summed E-state index contributed by atoms with van der Waals surface area (Å²) in [4.78, 5) is 21.1. The zero-order chi connectivity index (χ0) is 21.1. The van der Waals surface area contributed by atoms with Crippen LogP contribution in [-0.2, 0) is 4.79 Å². The molecule has 9 heteroatoms. The van der Waals surface area contributed by atoms with Gasteiger partial charge in [0.1, 0.15) is 5.65 Å². The van der Waals surface area contributed by atoms with Crippen LogP contribution >= 0.6 is 22.9 Å². The van der Waals surface area contributed by atoms with Gasteiger partial charge < -0.3 is 9.47 Å². The summed E-state index contributed by atoms with van der Waals surface area (Å²) in [5, 5.41) is 5.44. The topological polar surface area (TPSA) is 77.8 Å². The van der Waals surface area contributed by atoms with E-state index in [9.17, 15) is 4.79 Å². The van der Waals surface area contributed by atoms with Gasteiger partial charge in [0.25, 0.3) is 0 Å². The summed E-state index contributed by atoms with van der Waals surface area (Å²) < 4.78 is 12.4. The molecule has 0 radical (unpaired) electrons. The number of anilines is 1. The van der Waals surface area contributed by atoms with E-state index in [1.165, 1.54) is 17.4 Å². The molecule has 0 spiro atoms. The average Bonchev–Trinajstić information content (AvgIpc) is 3.35. The Balaban J connectivity index is 1.49. The maximum atomic E-state index is 12.3. The van der Waals surface area contributed by atoms with Gasteiger partial charge in [0.05, 0.1) is 25.6 Å². The Morgan fingerprint density at radius 1 is 1.17 bits per heavy atom. The maximum absolute atomic E-state index is 12.3. The van der Waals surface area contributed by atoms with E-state index in [2.05, 4.69) is 15.3 Å². The second-order valence-electron chi connectivity index (χ2n) is 6.15. The van der Waals surface area contributed by atoms with Gasteiger partial charge in [0, 0.05) is 23.2 Å². The molecule has 4 aromatic rings. The summed E-state index contributed by atoms with van der Waals surface area (Å²) in [5.74, 6) is 0.938. The highest BCUT2D eigenvalue weighted by molar-refractivity contribution is 7.14. The number of fused-ring (bicyclic) bond motifs is 1. The summed E-state index contributed by atoms with van der Waals surface area (Å²) in [6, 6.07) is 11.1. The van der Waals surface area contributed by atoms with Crippen LogP contribution in [0.3, 0.4) is 0 Å². The molecule has 0 saturated heterocycles. The first-order valence-corrected chi connectivity index (χ1v) is 10.1. The molecule has 0 aliphatic heterocycles. The number of ether oxygens (including phenoxy) is 2. The molecule has 0 fully saturated rings. The van der Waals surface area contributed by atoms with E-state index in [1.807, 2.05) is 52.4 Å². The molecular weight excluding hydrogens is 424 g/mol. The largest absolute Gasteiger partial charge is 0.493 e. The lowest BCUT2D eigenvalue weighted by atomic mass is 10.1. The molecular formula is C21H17ClN4O3S. The molecule has 152 valence electrons. The number of hydrogen-bond donors (Lipinski definition) is 1. The van der Waals surface area contributed by atoms with Crippen LogP contribution in [0.1, 0.15) is 5.69 Å². The Morgan fingerprint density at radius 2 is 2.00 bits per heavy atom. The zero-order valence-electron chi connectivity index (χ0n) is 16.1. The number of amides is 1. The Kier molecular flexibility index (Phi) is 5.69. The normalized spacial score (nSPS) is 11.2. The molecule has 3 heterocycles. The molecule has 3 aromatic heterocycles. The fourth-order valence-corrected chi connectivity index (χ4v) is 3.86. The quantitative estimate of drug-likeness (QED) is 0.436. The third kappa shape index (κ3) is 4.00. The van der Waals surface area contributed by atoms with Gasteiger partial charge in [-0.05, 0) is 36.4 Å². The molecule has 1 amide bonds. The standard InChI is InChI=1S/C21H17ClN4O3S/c1-28-16-8-6-13(11-17(16)29-2)14-12-30-21(23-14)25-19(27)9-7-15-20(22)24-18-5-3-4-10-26(15)18/h3-12H,1-2H3,(H,23,25,27)/b9-7+. The third-order valence-electron chi connectivity index (χ3n) is 4.33. The number of benzene rings is 1. The fraction of sp³-hybridized carbons (Fsp3) is 0.0952. The molecule has 7 nitrogen and oxygen atoms in total. The van der Waals surface area contributed by atoms with Crippen LogP contribution in [0.4, 0.5) is 5.13 Å². The van der Waals surface area contributed by atoms with Gasteiger partial charge in [-0.15, -0.1) is 11.3 Å². The highest BCUT2D eigenvalue weighted by atomic mass is 35.5. The fourth-order valence-electron chi connectivity index (χ4n) is 2.90. The summed E-state index contributed by atoms with van der Waals surface area (Å²) in [6.07, 6.45) is 4.86. The van der Waals surface area contributed by atoms with Crippen LogP contribution < -0.4 is 14.8 Å². The van der Waals surface area contributed by atoms with Gasteiger partial charge in [-0.1, -0.05) is 17.7 Å². The number of hydrogen-bond acceptors (Lipinski definition) is 6. The summed E-state index contributed by atoms with van der Waals surface area (Å²) in [5.41, 5.74) is 2.93. The van der Waals surface area contributed by atoms with Crippen molar-refractivity contribution in [2.45, 2.75) is 0 Å². The molecule has 0 unspecified atom stereocenters. The first kappa shape index (κ1) is 19.9. The van der Waals surface area contributed by atoms with Crippen molar-refractivity contribution in [3.8, 4) is 22.8 Å². The second kappa shape index (κ2) is 8.56. The van der Waals surface area contributed by atoms with Crippen molar-refractivity contribution < 1.29 is 14.3 Å². The third-order valence-corrected chi connectivity index (χ3v) is 5.36. The minimum absolute atomic E-state index is 0.315. The zero-order valence-corrected chi connectivity index (χ0v) is 17.7. The molecule has 0 aliphatic carbocycles. The number of rotatable bonds is 6. The molecule has 0 atom stereocenters. The molecule has 4 rings (SSSR count). The number of carbonyl (C=O) groups excluding carboxylic acids is 1. The number of nitrogens with zero attached hydrogens (tertiary/aromatic N) is 3. The lowest BCUT2D eigenvalue weighted by Gasteiger charge is -2.08. The van der Waals surface area contributed by atoms with Gasteiger partial charge >= 0.3 is 0 Å². The predicted molar refractivity (Wildman–Crippen MR) is 119 cm³/mol. The predicted octanol–water partition coefficient (Wildman–Crippen LogP) is 4.78. The molecule has 0 aliphatic rings. The van der Waals surface area contributed by atoms with Crippen molar-refractivity contribution in [3.63, 3.8) is 0 Å². The smallest absolute Gasteiger partial charge is 0.250 e. The molecule has 0 saturated carbocycles. The van der Waals surface area contributed by atoms with Crippen molar-refractivity contribution in [2.24, 2.45) is 0 Å². The van der Waals surface area contributed by atoms with Crippen molar-refractivity contribution in [1.82, 2.24) is 14.4 Å². The Hall–Kier alpha value is -3.36. The number of thiazole rings is 1. The van der Waals surface area contributed by atoms with E-state index >= 15 is 0 Å². The van der Waals surface area contributed by atoms with Gasteiger partial charge in [0.2, 0.25) is 5.91 Å². The van der Waals surface area contributed by atoms with Crippen LogP contribution in [0.25, 0.3) is 23.0 Å². The summed E-state index contributed by atoms with van der Waals surface area (Å²) in [7, 11) is 3.16. The van der Waals surface area contributed by atoms with Crippen LogP contribution in [0.5, 0.6) is 11.5 Å². The van der Waals surface area contributed by atoms with Gasteiger partial charge in [0.15, 0.2) is 21.8 Å². The number of methoxy groups -OCH3 is 2. The number of nitrogens with one attached hydrogen (secondary N) is 1. The molecule has 30 heavy (non-hydrogen) atoms.